The molecule has 0 amide bonds. The number of ether oxygens (including phenoxy) is 3. The molecule has 1 saturated carbocycles. The molecule has 7 atom stereocenters. The molecule has 2 aliphatic heterocycles. The Balaban J connectivity index is 1.64. The van der Waals surface area contributed by atoms with Crippen molar-refractivity contribution in [3.05, 3.63) is 22.8 Å². The van der Waals surface area contributed by atoms with Crippen LogP contribution in [0.15, 0.2) is 22.8 Å². The summed E-state index contributed by atoms with van der Waals surface area (Å²) in [5.41, 5.74) is 1.22. The molecule has 5 rings (SSSR count). The van der Waals surface area contributed by atoms with Gasteiger partial charge in [-0.25, -0.2) is 4.79 Å². The fourth-order valence-corrected chi connectivity index (χ4v) is 7.01. The number of fused-ring (bicyclic) bond motifs is 3. The maximum Gasteiger partial charge on any atom is 0.334 e. The molecule has 0 radical (unpaired) electrons. The molecule has 5 aliphatic rings. The van der Waals surface area contributed by atoms with Gasteiger partial charge in [-0.15, -0.1) is 11.6 Å². The second-order valence-electron chi connectivity index (χ2n) is 9.54. The van der Waals surface area contributed by atoms with E-state index in [1.54, 1.807) is 0 Å². The molecular weight excluding hydrogens is 380 g/mol. The number of esters is 1. The highest BCUT2D eigenvalue weighted by atomic mass is 35.5. The van der Waals surface area contributed by atoms with Crippen LogP contribution in [-0.2, 0) is 19.0 Å². The van der Waals surface area contributed by atoms with Gasteiger partial charge in [0.1, 0.15) is 23.9 Å². The van der Waals surface area contributed by atoms with E-state index >= 15 is 0 Å². The normalized spacial score (nSPS) is 49.1. The van der Waals surface area contributed by atoms with Crippen LogP contribution >= 0.6 is 11.6 Å². The van der Waals surface area contributed by atoms with Gasteiger partial charge in [0, 0.05) is 12.2 Å². The van der Waals surface area contributed by atoms with Crippen LogP contribution in [0.5, 0.6) is 0 Å². The molecule has 1 N–H and O–H groups in total. The first kappa shape index (κ1) is 19.1. The lowest BCUT2D eigenvalue weighted by atomic mass is 9.50. The average molecular weight is 409 g/mol. The third-order valence-electron chi connectivity index (χ3n) is 8.14. The summed E-state index contributed by atoms with van der Waals surface area (Å²) in [5, 5.41) is 11.1. The number of cyclic esters (lactones) is 1. The zero-order valence-corrected chi connectivity index (χ0v) is 17.7. The van der Waals surface area contributed by atoms with E-state index in [-0.39, 0.29) is 29.3 Å². The van der Waals surface area contributed by atoms with E-state index in [9.17, 15) is 9.90 Å². The Morgan fingerprint density at radius 1 is 1.43 bits per heavy atom. The van der Waals surface area contributed by atoms with E-state index in [1.165, 1.54) is 0 Å². The van der Waals surface area contributed by atoms with Crippen molar-refractivity contribution in [3.8, 4) is 0 Å². The van der Waals surface area contributed by atoms with Gasteiger partial charge in [0.25, 0.3) is 0 Å². The minimum Gasteiger partial charge on any atom is -0.458 e. The summed E-state index contributed by atoms with van der Waals surface area (Å²) in [6.45, 7) is 9.08. The number of aliphatic hydroxyl groups is 1. The van der Waals surface area contributed by atoms with Gasteiger partial charge in [-0.3, -0.25) is 0 Å². The maximum atomic E-state index is 12.1. The van der Waals surface area contributed by atoms with E-state index in [0.717, 1.165) is 36.0 Å². The molecule has 5 nitrogen and oxygen atoms in total. The number of carbonyl (C=O) groups is 1. The zero-order valence-electron chi connectivity index (χ0n) is 17.0. The third kappa shape index (κ3) is 2.07. The van der Waals surface area contributed by atoms with Crippen LogP contribution < -0.4 is 0 Å². The number of alkyl halides is 1. The molecule has 154 valence electrons. The lowest BCUT2D eigenvalue weighted by Crippen LogP contribution is -2.66. The van der Waals surface area contributed by atoms with Gasteiger partial charge in [0.2, 0.25) is 0 Å². The smallest absolute Gasteiger partial charge is 0.334 e. The topological polar surface area (TPSA) is 68.3 Å². The molecule has 3 aliphatic carbocycles. The number of carbonyl (C=O) groups excluding carboxylic acids is 1. The first-order valence-electron chi connectivity index (χ1n) is 10.5. The molecule has 1 saturated heterocycles. The fourth-order valence-electron chi connectivity index (χ4n) is 6.52. The highest BCUT2D eigenvalue weighted by Gasteiger charge is 2.78. The van der Waals surface area contributed by atoms with Crippen LogP contribution in [0.3, 0.4) is 0 Å². The summed E-state index contributed by atoms with van der Waals surface area (Å²) in [4.78, 5) is 12.1. The summed E-state index contributed by atoms with van der Waals surface area (Å²) in [6, 6.07) is 0. The molecule has 0 aromatic heterocycles. The second-order valence-corrected chi connectivity index (χ2v) is 10.0. The first-order valence-corrected chi connectivity index (χ1v) is 10.9. The second kappa shape index (κ2) is 5.84. The molecule has 2 fully saturated rings. The van der Waals surface area contributed by atoms with Crippen LogP contribution in [0, 0.1) is 17.3 Å². The Hall–Kier alpha value is -0.880. The van der Waals surface area contributed by atoms with Crippen LogP contribution in [0.25, 0.3) is 0 Å². The van der Waals surface area contributed by atoms with Crippen LogP contribution in [0.4, 0.5) is 0 Å². The lowest BCUT2D eigenvalue weighted by Gasteiger charge is -2.55. The predicted molar refractivity (Wildman–Crippen MR) is 104 cm³/mol. The minimum atomic E-state index is -1.19. The number of hydrogen-bond donors (Lipinski definition) is 1. The molecule has 1 spiro atoms. The summed E-state index contributed by atoms with van der Waals surface area (Å²) in [7, 11) is 0. The summed E-state index contributed by atoms with van der Waals surface area (Å²) < 4.78 is 17.9. The highest BCUT2D eigenvalue weighted by Crippen LogP contribution is 2.70. The molecule has 0 aromatic rings. The van der Waals surface area contributed by atoms with Crippen molar-refractivity contribution in [1.82, 2.24) is 0 Å². The number of rotatable bonds is 3. The number of halogens is 1. The molecule has 0 aromatic carbocycles. The van der Waals surface area contributed by atoms with Crippen LogP contribution in [0.1, 0.15) is 47.0 Å². The fraction of sp³-hybridized carbons (Fsp3) is 0.773. The number of epoxide rings is 1. The summed E-state index contributed by atoms with van der Waals surface area (Å²) >= 11 is 6.82. The quantitative estimate of drug-likeness (QED) is 0.336. The minimum absolute atomic E-state index is 0.0228. The number of hydrogen-bond acceptors (Lipinski definition) is 5. The maximum absolute atomic E-state index is 12.1. The van der Waals surface area contributed by atoms with E-state index in [2.05, 4.69) is 6.92 Å². The Bertz CT molecular complexity index is 803. The Morgan fingerprint density at radius 2 is 2.18 bits per heavy atom. The zero-order chi connectivity index (χ0) is 20.1. The molecule has 0 bridgehead atoms. The highest BCUT2D eigenvalue weighted by molar-refractivity contribution is 6.23. The first-order chi connectivity index (χ1) is 13.2. The summed E-state index contributed by atoms with van der Waals surface area (Å²) in [6.07, 6.45) is 3.94. The van der Waals surface area contributed by atoms with E-state index in [4.69, 9.17) is 25.8 Å². The monoisotopic (exact) mass is 408 g/mol. The van der Waals surface area contributed by atoms with Gasteiger partial charge in [-0.2, -0.15) is 0 Å². The molecule has 7 unspecified atom stereocenters. The average Bonchev–Trinajstić information content (AvgIpc) is 3.24. The Kier molecular flexibility index (Phi) is 3.99. The van der Waals surface area contributed by atoms with E-state index in [0.29, 0.717) is 13.2 Å². The Labute approximate surface area is 171 Å². The van der Waals surface area contributed by atoms with Crippen molar-refractivity contribution >= 4 is 17.6 Å². The SMILES string of the molecule is CCOC1C23OC2CC2C4=C(CCC2(C)C3=CC(Cl)C1(O)C(C)C)C(=O)OC4. The van der Waals surface area contributed by atoms with Gasteiger partial charge < -0.3 is 19.3 Å². The lowest BCUT2D eigenvalue weighted by molar-refractivity contribution is -0.160. The van der Waals surface area contributed by atoms with Crippen molar-refractivity contribution < 1.29 is 24.1 Å². The predicted octanol–water partition coefficient (Wildman–Crippen LogP) is 3.14. The van der Waals surface area contributed by atoms with Gasteiger partial charge in [-0.1, -0.05) is 26.8 Å². The van der Waals surface area contributed by atoms with Gasteiger partial charge in [0.05, 0.1) is 11.5 Å². The van der Waals surface area contributed by atoms with Gasteiger partial charge in [-0.05, 0) is 54.6 Å². The standard InChI is InChI=1S/C22H29ClO5/c1-5-26-19-21(25,11(2)3)16(23)9-15-20(4)7-6-12-13(10-27-18(12)24)14(20)8-17-22(15,19)28-17/h9,11,14,16-17,19,25H,5-8,10H2,1-4H3. The van der Waals surface area contributed by atoms with Crippen LogP contribution in [0.2, 0.25) is 0 Å². The Morgan fingerprint density at radius 3 is 2.86 bits per heavy atom. The van der Waals surface area contributed by atoms with E-state index < -0.39 is 22.7 Å². The van der Waals surface area contributed by atoms with Gasteiger partial charge in [0.15, 0.2) is 0 Å². The third-order valence-corrected chi connectivity index (χ3v) is 8.62. The molecular formula is C22H29ClO5. The van der Waals surface area contributed by atoms with Crippen molar-refractivity contribution in [2.24, 2.45) is 17.3 Å². The largest absolute Gasteiger partial charge is 0.458 e. The molecule has 6 heteroatoms. The van der Waals surface area contributed by atoms with E-state index in [1.807, 2.05) is 26.8 Å². The van der Waals surface area contributed by atoms with Crippen molar-refractivity contribution in [2.75, 3.05) is 13.2 Å². The van der Waals surface area contributed by atoms with Crippen molar-refractivity contribution in [1.29, 1.82) is 0 Å². The van der Waals surface area contributed by atoms with Gasteiger partial charge >= 0.3 is 5.97 Å². The summed E-state index contributed by atoms with van der Waals surface area (Å²) in [5.74, 6) is -0.0126. The van der Waals surface area contributed by atoms with Crippen molar-refractivity contribution in [2.45, 2.75) is 75.7 Å². The van der Waals surface area contributed by atoms with Crippen LogP contribution in [-0.4, -0.2) is 53.1 Å². The molecule has 28 heavy (non-hydrogen) atoms. The van der Waals surface area contributed by atoms with Crippen molar-refractivity contribution in [3.63, 3.8) is 0 Å². The molecule has 2 heterocycles.